The molecule has 5 heteroatoms. The van der Waals surface area contributed by atoms with Crippen molar-refractivity contribution in [1.29, 1.82) is 0 Å². The van der Waals surface area contributed by atoms with E-state index in [2.05, 4.69) is 0 Å². The molecular weight excluding hydrogens is 218 g/mol. The lowest BCUT2D eigenvalue weighted by Gasteiger charge is -2.12. The van der Waals surface area contributed by atoms with Crippen molar-refractivity contribution in [3.8, 4) is 5.75 Å². The summed E-state index contributed by atoms with van der Waals surface area (Å²) in [7, 11) is 0. The van der Waals surface area contributed by atoms with Crippen LogP contribution in [0.3, 0.4) is 0 Å². The lowest BCUT2D eigenvalue weighted by atomic mass is 10.3. The summed E-state index contributed by atoms with van der Waals surface area (Å²) in [5.74, 6) is 0.577. The summed E-state index contributed by atoms with van der Waals surface area (Å²) in [6.07, 6.45) is -1.31. The van der Waals surface area contributed by atoms with Gasteiger partial charge in [0.15, 0.2) is 0 Å². The highest BCUT2D eigenvalue weighted by atomic mass is 35.5. The summed E-state index contributed by atoms with van der Waals surface area (Å²) < 4.78 is 9.71. The number of para-hydroxylation sites is 1. The first kappa shape index (κ1) is 11.8. The van der Waals surface area contributed by atoms with Crippen LogP contribution in [-0.2, 0) is 4.74 Å². The van der Waals surface area contributed by atoms with Gasteiger partial charge in [0.05, 0.1) is 5.88 Å². The van der Waals surface area contributed by atoms with Crippen molar-refractivity contribution in [3.05, 3.63) is 30.3 Å². The van der Waals surface area contributed by atoms with Crippen molar-refractivity contribution in [2.24, 2.45) is 5.73 Å². The van der Waals surface area contributed by atoms with Gasteiger partial charge in [0.2, 0.25) is 0 Å². The minimum absolute atomic E-state index is 0.153. The van der Waals surface area contributed by atoms with Crippen LogP contribution in [0.5, 0.6) is 5.75 Å². The molecule has 0 fully saturated rings. The smallest absolute Gasteiger partial charge is 0.428 e. The SMILES string of the molecule is NCC(CCl)OC(=O)Oc1ccccc1. The lowest BCUT2D eigenvalue weighted by Crippen LogP contribution is -2.29. The molecule has 15 heavy (non-hydrogen) atoms. The topological polar surface area (TPSA) is 61.5 Å². The van der Waals surface area contributed by atoms with Crippen molar-refractivity contribution >= 4 is 17.8 Å². The Hall–Kier alpha value is -1.26. The van der Waals surface area contributed by atoms with E-state index >= 15 is 0 Å². The van der Waals surface area contributed by atoms with Gasteiger partial charge in [0, 0.05) is 6.54 Å². The molecule has 0 amide bonds. The van der Waals surface area contributed by atoms with Crippen LogP contribution in [0.1, 0.15) is 0 Å². The number of carbonyl (C=O) groups is 1. The van der Waals surface area contributed by atoms with Gasteiger partial charge < -0.3 is 15.2 Å². The third-order valence-electron chi connectivity index (χ3n) is 1.64. The van der Waals surface area contributed by atoms with E-state index in [0.717, 1.165) is 0 Å². The average molecular weight is 230 g/mol. The fourth-order valence-electron chi connectivity index (χ4n) is 0.888. The van der Waals surface area contributed by atoms with Crippen molar-refractivity contribution in [2.45, 2.75) is 6.10 Å². The molecule has 0 saturated carbocycles. The van der Waals surface area contributed by atoms with E-state index < -0.39 is 12.3 Å². The maximum absolute atomic E-state index is 11.2. The van der Waals surface area contributed by atoms with E-state index in [9.17, 15) is 4.79 Å². The molecule has 0 aliphatic heterocycles. The minimum Gasteiger partial charge on any atom is -0.428 e. The molecule has 0 aliphatic carbocycles. The first-order chi connectivity index (χ1) is 7.26. The second kappa shape index (κ2) is 6.27. The van der Waals surface area contributed by atoms with Crippen LogP contribution in [0.15, 0.2) is 30.3 Å². The molecule has 2 N–H and O–H groups in total. The summed E-state index contributed by atoms with van der Waals surface area (Å²) >= 11 is 5.50. The van der Waals surface area contributed by atoms with Crippen LogP contribution < -0.4 is 10.5 Å². The Kier molecular flexibility index (Phi) is 4.93. The van der Waals surface area contributed by atoms with E-state index in [1.54, 1.807) is 24.3 Å². The molecule has 1 aromatic rings. The third-order valence-corrected chi connectivity index (χ3v) is 1.99. The molecule has 0 bridgehead atoms. The number of hydrogen-bond donors (Lipinski definition) is 1. The zero-order valence-corrected chi connectivity index (χ0v) is 8.81. The van der Waals surface area contributed by atoms with E-state index in [0.29, 0.717) is 5.75 Å². The van der Waals surface area contributed by atoms with Crippen molar-refractivity contribution in [2.75, 3.05) is 12.4 Å². The predicted molar refractivity (Wildman–Crippen MR) is 57.1 cm³/mol. The molecule has 4 nitrogen and oxygen atoms in total. The van der Waals surface area contributed by atoms with Crippen LogP contribution >= 0.6 is 11.6 Å². The Bertz CT molecular complexity index is 301. The van der Waals surface area contributed by atoms with Gasteiger partial charge in [-0.2, -0.15) is 0 Å². The maximum Gasteiger partial charge on any atom is 0.514 e. The highest BCUT2D eigenvalue weighted by molar-refractivity contribution is 6.18. The maximum atomic E-state index is 11.2. The zero-order valence-electron chi connectivity index (χ0n) is 8.06. The van der Waals surface area contributed by atoms with Crippen molar-refractivity contribution < 1.29 is 14.3 Å². The fourth-order valence-corrected chi connectivity index (χ4v) is 1.08. The van der Waals surface area contributed by atoms with Gasteiger partial charge in [0.1, 0.15) is 11.9 Å². The number of alkyl halides is 1. The Morgan fingerprint density at radius 1 is 1.40 bits per heavy atom. The minimum atomic E-state index is -0.794. The van der Waals surface area contributed by atoms with Gasteiger partial charge in [-0.25, -0.2) is 4.79 Å². The zero-order chi connectivity index (χ0) is 11.1. The van der Waals surface area contributed by atoms with Gasteiger partial charge in [-0.1, -0.05) is 18.2 Å². The Morgan fingerprint density at radius 3 is 2.60 bits per heavy atom. The van der Waals surface area contributed by atoms with Crippen LogP contribution in [-0.4, -0.2) is 24.7 Å². The molecule has 0 radical (unpaired) electrons. The highest BCUT2D eigenvalue weighted by Crippen LogP contribution is 2.09. The molecule has 0 heterocycles. The average Bonchev–Trinajstić information content (AvgIpc) is 2.27. The number of ether oxygens (including phenoxy) is 2. The molecular formula is C10H12ClNO3. The highest BCUT2D eigenvalue weighted by Gasteiger charge is 2.13. The summed E-state index contributed by atoms with van der Waals surface area (Å²) in [5, 5.41) is 0. The number of carbonyl (C=O) groups excluding carboxylic acids is 1. The van der Waals surface area contributed by atoms with E-state index in [1.165, 1.54) is 0 Å². The van der Waals surface area contributed by atoms with Crippen molar-refractivity contribution in [1.82, 2.24) is 0 Å². The predicted octanol–water partition coefficient (Wildman–Crippen LogP) is 1.77. The standard InChI is InChI=1S/C10H12ClNO3/c11-6-9(7-12)15-10(13)14-8-4-2-1-3-5-8/h1-5,9H,6-7,12H2. The van der Waals surface area contributed by atoms with Crippen molar-refractivity contribution in [3.63, 3.8) is 0 Å². The van der Waals surface area contributed by atoms with Crippen LogP contribution in [0.4, 0.5) is 4.79 Å². The molecule has 1 unspecified atom stereocenters. The van der Waals surface area contributed by atoms with E-state index in [4.69, 9.17) is 26.8 Å². The normalized spacial score (nSPS) is 11.9. The molecule has 0 saturated heterocycles. The molecule has 0 aliphatic rings. The number of hydrogen-bond acceptors (Lipinski definition) is 4. The van der Waals surface area contributed by atoms with Crippen LogP contribution in [0.2, 0.25) is 0 Å². The number of benzene rings is 1. The Labute approximate surface area is 92.9 Å². The summed E-state index contributed by atoms with van der Waals surface area (Å²) in [4.78, 5) is 11.2. The second-order valence-corrected chi connectivity index (χ2v) is 3.10. The van der Waals surface area contributed by atoms with E-state index in [-0.39, 0.29) is 12.4 Å². The monoisotopic (exact) mass is 229 g/mol. The summed E-state index contributed by atoms with van der Waals surface area (Å²) in [6, 6.07) is 8.63. The van der Waals surface area contributed by atoms with Crippen LogP contribution in [0.25, 0.3) is 0 Å². The fraction of sp³-hybridized carbons (Fsp3) is 0.300. The summed E-state index contributed by atoms with van der Waals surface area (Å²) in [6.45, 7) is 0.174. The molecule has 1 atom stereocenters. The van der Waals surface area contributed by atoms with Crippen LogP contribution in [0, 0.1) is 0 Å². The lowest BCUT2D eigenvalue weighted by molar-refractivity contribution is 0.0702. The third kappa shape index (κ3) is 4.18. The largest absolute Gasteiger partial charge is 0.514 e. The summed E-state index contributed by atoms with van der Waals surface area (Å²) in [5.41, 5.74) is 5.31. The molecule has 1 aromatic carbocycles. The molecule has 1 rings (SSSR count). The van der Waals surface area contributed by atoms with Gasteiger partial charge in [-0.15, -0.1) is 11.6 Å². The second-order valence-electron chi connectivity index (χ2n) is 2.79. The van der Waals surface area contributed by atoms with Gasteiger partial charge in [-0.3, -0.25) is 0 Å². The molecule has 82 valence electrons. The molecule has 0 aromatic heterocycles. The Balaban J connectivity index is 2.43. The number of halogens is 1. The number of nitrogens with two attached hydrogens (primary N) is 1. The molecule has 0 spiro atoms. The van der Waals surface area contributed by atoms with Gasteiger partial charge in [0.25, 0.3) is 0 Å². The number of rotatable bonds is 4. The van der Waals surface area contributed by atoms with E-state index in [1.807, 2.05) is 6.07 Å². The van der Waals surface area contributed by atoms with Gasteiger partial charge in [-0.05, 0) is 12.1 Å². The first-order valence-corrected chi connectivity index (χ1v) is 4.99. The first-order valence-electron chi connectivity index (χ1n) is 4.45. The Morgan fingerprint density at radius 2 is 2.07 bits per heavy atom. The quantitative estimate of drug-likeness (QED) is 0.486. The van der Waals surface area contributed by atoms with Gasteiger partial charge >= 0.3 is 6.16 Å².